The number of nitrogens with one attached hydrogen (secondary N) is 1. The van der Waals surface area contributed by atoms with Crippen molar-refractivity contribution in [2.24, 2.45) is 0 Å². The molecule has 31 heavy (non-hydrogen) atoms. The lowest BCUT2D eigenvalue weighted by Gasteiger charge is -2.24. The average Bonchev–Trinajstić information content (AvgIpc) is 2.69. The van der Waals surface area contributed by atoms with E-state index < -0.39 is 10.0 Å². The lowest BCUT2D eigenvalue weighted by Crippen LogP contribution is -2.32. The molecule has 0 fully saturated rings. The number of hydrogen-bond acceptors (Lipinski definition) is 4. The van der Waals surface area contributed by atoms with Gasteiger partial charge in [-0.25, -0.2) is 8.42 Å². The van der Waals surface area contributed by atoms with Gasteiger partial charge < -0.3 is 10.1 Å². The maximum absolute atomic E-state index is 12.4. The monoisotopic (exact) mass is 446 g/mol. The molecule has 0 heterocycles. The second-order valence-corrected chi connectivity index (χ2v) is 10.7. The number of anilines is 1. The number of hydrogen-bond donors (Lipinski definition) is 1. The van der Waals surface area contributed by atoms with Gasteiger partial charge in [0.2, 0.25) is 15.9 Å². The first-order valence-electron chi connectivity index (χ1n) is 10.4. The summed E-state index contributed by atoms with van der Waals surface area (Å²) in [6.45, 7) is 8.64. The Morgan fingerprint density at radius 2 is 1.71 bits per heavy atom. The van der Waals surface area contributed by atoms with Crippen LogP contribution in [0.5, 0.6) is 5.75 Å². The van der Waals surface area contributed by atoms with Gasteiger partial charge in [0.05, 0.1) is 25.1 Å². The third kappa shape index (κ3) is 6.99. The number of sulfonamides is 1. The fourth-order valence-electron chi connectivity index (χ4n) is 3.35. The van der Waals surface area contributed by atoms with Gasteiger partial charge in [-0.3, -0.25) is 9.10 Å². The number of benzene rings is 2. The summed E-state index contributed by atoms with van der Waals surface area (Å²) in [5.41, 5.74) is 2.83. The van der Waals surface area contributed by atoms with Crippen LogP contribution >= 0.6 is 0 Å². The van der Waals surface area contributed by atoms with Crippen LogP contribution in [0.2, 0.25) is 0 Å². The molecule has 0 saturated heterocycles. The number of carbonyl (C=O) groups is 1. The van der Waals surface area contributed by atoms with Crippen LogP contribution in [0.3, 0.4) is 0 Å². The highest BCUT2D eigenvalue weighted by atomic mass is 32.2. The van der Waals surface area contributed by atoms with Crippen molar-refractivity contribution in [1.82, 2.24) is 5.32 Å². The van der Waals surface area contributed by atoms with Gasteiger partial charge in [0.15, 0.2) is 0 Å². The van der Waals surface area contributed by atoms with Crippen molar-refractivity contribution in [2.45, 2.75) is 52.0 Å². The number of nitrogens with zero attached hydrogens (tertiary/aromatic N) is 1. The van der Waals surface area contributed by atoms with E-state index in [0.717, 1.165) is 11.8 Å². The molecule has 1 amide bonds. The largest absolute Gasteiger partial charge is 0.495 e. The van der Waals surface area contributed by atoms with E-state index in [1.54, 1.807) is 24.3 Å². The van der Waals surface area contributed by atoms with Crippen LogP contribution in [0.4, 0.5) is 5.69 Å². The highest BCUT2D eigenvalue weighted by molar-refractivity contribution is 7.92. The molecule has 6 nitrogen and oxygen atoms in total. The normalized spacial score (nSPS) is 12.8. The van der Waals surface area contributed by atoms with Crippen molar-refractivity contribution in [3.63, 3.8) is 0 Å². The van der Waals surface area contributed by atoms with Crippen LogP contribution in [-0.4, -0.2) is 34.2 Å². The molecule has 2 aromatic carbocycles. The lowest BCUT2D eigenvalue weighted by atomic mass is 9.86. The maximum Gasteiger partial charge on any atom is 0.232 e. The Balaban J connectivity index is 1.96. The average molecular weight is 447 g/mol. The minimum absolute atomic E-state index is 0.0813. The molecule has 170 valence electrons. The Morgan fingerprint density at radius 1 is 1.10 bits per heavy atom. The predicted octanol–water partition coefficient (Wildman–Crippen LogP) is 4.42. The summed E-state index contributed by atoms with van der Waals surface area (Å²) in [5.74, 6) is 0.366. The van der Waals surface area contributed by atoms with E-state index in [4.69, 9.17) is 4.74 Å². The number of rotatable bonds is 9. The zero-order valence-corrected chi connectivity index (χ0v) is 20.1. The van der Waals surface area contributed by atoms with E-state index in [0.29, 0.717) is 17.9 Å². The fraction of sp³-hybridized carbons (Fsp3) is 0.458. The van der Waals surface area contributed by atoms with E-state index in [-0.39, 0.29) is 30.3 Å². The summed E-state index contributed by atoms with van der Waals surface area (Å²) in [6, 6.07) is 15.1. The summed E-state index contributed by atoms with van der Waals surface area (Å²) < 4.78 is 31.2. The van der Waals surface area contributed by atoms with Crippen LogP contribution in [0.1, 0.15) is 57.7 Å². The molecule has 1 N–H and O–H groups in total. The zero-order valence-electron chi connectivity index (χ0n) is 19.3. The van der Waals surface area contributed by atoms with Gasteiger partial charge in [0, 0.05) is 13.0 Å². The van der Waals surface area contributed by atoms with Gasteiger partial charge >= 0.3 is 0 Å². The molecule has 0 aromatic heterocycles. The van der Waals surface area contributed by atoms with Crippen LogP contribution in [0, 0.1) is 0 Å². The molecule has 0 aliphatic heterocycles. The Hall–Kier alpha value is -2.54. The second kappa shape index (κ2) is 10.2. The predicted molar refractivity (Wildman–Crippen MR) is 126 cm³/mol. The smallest absolute Gasteiger partial charge is 0.232 e. The number of ether oxygens (including phenoxy) is 1. The fourth-order valence-corrected chi connectivity index (χ4v) is 4.32. The second-order valence-electron chi connectivity index (χ2n) is 8.77. The van der Waals surface area contributed by atoms with Crippen molar-refractivity contribution < 1.29 is 17.9 Å². The molecule has 2 rings (SSSR count). The van der Waals surface area contributed by atoms with E-state index in [2.05, 4.69) is 38.2 Å². The van der Waals surface area contributed by atoms with Gasteiger partial charge in [-0.05, 0) is 42.0 Å². The molecular weight excluding hydrogens is 412 g/mol. The molecular formula is C24H34N2O4S. The minimum Gasteiger partial charge on any atom is -0.495 e. The molecule has 0 aliphatic carbocycles. The van der Waals surface area contributed by atoms with Crippen molar-refractivity contribution in [3.8, 4) is 5.75 Å². The maximum atomic E-state index is 12.4. The van der Waals surface area contributed by atoms with Crippen molar-refractivity contribution in [2.75, 3.05) is 24.2 Å². The highest BCUT2D eigenvalue weighted by Crippen LogP contribution is 2.29. The number of amides is 1. The summed E-state index contributed by atoms with van der Waals surface area (Å²) in [6.07, 6.45) is 1.78. The van der Waals surface area contributed by atoms with Crippen LogP contribution in [0.15, 0.2) is 48.5 Å². The van der Waals surface area contributed by atoms with Gasteiger partial charge in [0.1, 0.15) is 5.75 Å². The quantitative estimate of drug-likeness (QED) is 0.619. The summed E-state index contributed by atoms with van der Waals surface area (Å²) in [4.78, 5) is 12.4. The first kappa shape index (κ1) is 24.7. The standard InChI is InChI=1S/C24H34N2O4S/c1-18(19-13-15-20(16-14-19)24(2,3)4)25-23(27)12-9-17-26(31(6,28)29)21-10-7-8-11-22(21)30-5/h7-8,10-11,13-16,18H,9,12,17H2,1-6H3,(H,25,27)/t18-/m0/s1. The van der Waals surface area contributed by atoms with Gasteiger partial charge in [0.25, 0.3) is 0 Å². The third-order valence-electron chi connectivity index (χ3n) is 5.17. The van der Waals surface area contributed by atoms with Crippen molar-refractivity contribution in [3.05, 3.63) is 59.7 Å². The Labute approximate surface area is 186 Å². The van der Waals surface area contributed by atoms with Crippen molar-refractivity contribution in [1.29, 1.82) is 0 Å². The van der Waals surface area contributed by atoms with Gasteiger partial charge in [-0.1, -0.05) is 57.2 Å². The molecule has 0 unspecified atom stereocenters. The first-order valence-corrected chi connectivity index (χ1v) is 12.3. The third-order valence-corrected chi connectivity index (χ3v) is 6.35. The zero-order chi connectivity index (χ0) is 23.2. The molecule has 0 bridgehead atoms. The number of carbonyl (C=O) groups excluding carboxylic acids is 1. The molecule has 0 spiro atoms. The Kier molecular flexibility index (Phi) is 8.12. The lowest BCUT2D eigenvalue weighted by molar-refractivity contribution is -0.121. The SMILES string of the molecule is COc1ccccc1N(CCCC(=O)N[C@@H](C)c1ccc(C(C)(C)C)cc1)S(C)(=O)=O. The Morgan fingerprint density at radius 3 is 2.26 bits per heavy atom. The summed E-state index contributed by atoms with van der Waals surface area (Å²) in [7, 11) is -2.01. The molecule has 0 radical (unpaired) electrons. The highest BCUT2D eigenvalue weighted by Gasteiger charge is 2.21. The van der Waals surface area contributed by atoms with E-state index in [9.17, 15) is 13.2 Å². The molecule has 2 aromatic rings. The van der Waals surface area contributed by atoms with Gasteiger partial charge in [-0.15, -0.1) is 0 Å². The summed E-state index contributed by atoms with van der Waals surface area (Å²) >= 11 is 0. The molecule has 0 saturated carbocycles. The molecule has 0 aliphatic rings. The first-order chi connectivity index (χ1) is 14.4. The summed E-state index contributed by atoms with van der Waals surface area (Å²) in [5, 5.41) is 3.00. The van der Waals surface area contributed by atoms with E-state index in [1.807, 2.05) is 19.1 Å². The van der Waals surface area contributed by atoms with E-state index in [1.165, 1.54) is 17.0 Å². The number of methoxy groups -OCH3 is 1. The molecule has 7 heteroatoms. The number of para-hydroxylation sites is 2. The van der Waals surface area contributed by atoms with Crippen molar-refractivity contribution >= 4 is 21.6 Å². The molecule has 1 atom stereocenters. The van der Waals surface area contributed by atoms with Crippen LogP contribution < -0.4 is 14.4 Å². The van der Waals surface area contributed by atoms with Crippen LogP contribution in [0.25, 0.3) is 0 Å². The Bertz CT molecular complexity index is 979. The minimum atomic E-state index is -3.51. The van der Waals surface area contributed by atoms with E-state index >= 15 is 0 Å². The topological polar surface area (TPSA) is 75.7 Å². The van der Waals surface area contributed by atoms with Gasteiger partial charge in [-0.2, -0.15) is 0 Å². The van der Waals surface area contributed by atoms with Crippen LogP contribution in [-0.2, 0) is 20.2 Å².